The molecule has 0 aromatic heterocycles. The molecule has 10 heavy (non-hydrogen) atoms. The quantitative estimate of drug-likeness (QED) is 0.578. The lowest BCUT2D eigenvalue weighted by atomic mass is 10.4. The van der Waals surface area contributed by atoms with Gasteiger partial charge in [-0.15, -0.1) is 0 Å². The molecule has 0 saturated carbocycles. The van der Waals surface area contributed by atoms with Crippen LogP contribution in [-0.4, -0.2) is 4.20 Å². The fourth-order valence-corrected chi connectivity index (χ4v) is 0.385. The van der Waals surface area contributed by atoms with Gasteiger partial charge < -0.3 is 8.40 Å². The van der Waals surface area contributed by atoms with E-state index in [0.717, 1.165) is 0 Å². The third kappa shape index (κ3) is 10.5. The average Bonchev–Trinajstić information content (AvgIpc) is 1.90. The summed E-state index contributed by atoms with van der Waals surface area (Å²) in [7, 11) is 0. The minimum absolute atomic E-state index is 2.00. The average molecular weight is 207 g/mol. The molecule has 4 heteroatoms. The molecule has 0 amide bonds. The molecule has 1 rings (SSSR count). The van der Waals surface area contributed by atoms with Gasteiger partial charge in [-0.25, -0.2) is 0 Å². The predicted molar refractivity (Wildman–Crippen MR) is 28.7 cm³/mol. The van der Waals surface area contributed by atoms with Crippen molar-refractivity contribution in [2.75, 3.05) is 0 Å². The van der Waals surface area contributed by atoms with Gasteiger partial charge in [0.15, 0.2) is 0 Å². The fraction of sp³-hybridized carbons (Fsp3) is 0. The molecule has 0 aliphatic carbocycles. The molecule has 0 atom stereocenters. The smallest absolute Gasteiger partial charge is 0.372 e. The fourth-order valence-electron chi connectivity index (χ4n) is 0.385. The predicted octanol–water partition coefficient (Wildman–Crippen LogP) is -1.25. The van der Waals surface area contributed by atoms with Crippen LogP contribution in [0.1, 0.15) is 0 Å². The van der Waals surface area contributed by atoms with Crippen LogP contribution in [0.3, 0.4) is 0 Å². The van der Waals surface area contributed by atoms with Gasteiger partial charge in [-0.1, -0.05) is 36.4 Å². The Kier molecular flexibility index (Phi) is 6.42. The van der Waals surface area contributed by atoms with Crippen LogP contribution in [0.4, 0.5) is 0 Å². The van der Waals surface area contributed by atoms with E-state index < -0.39 is 14.8 Å². The van der Waals surface area contributed by atoms with Crippen molar-refractivity contribution in [1.82, 2.24) is 0 Å². The third-order valence-corrected chi connectivity index (χ3v) is 0.667. The largest absolute Gasteiger partial charge is 0.433 e. The Morgan fingerprint density at radius 3 is 1.00 bits per heavy atom. The van der Waals surface area contributed by atoms with Gasteiger partial charge in [-0.3, -0.25) is 0 Å². The molecule has 0 unspecified atom stereocenters. The maximum absolute atomic E-state index is 8.63. The summed E-state index contributed by atoms with van der Waals surface area (Å²) in [5, 5.41) is 0. The van der Waals surface area contributed by atoms with Crippen molar-refractivity contribution >= 4 is 0 Å². The van der Waals surface area contributed by atoms with Crippen molar-refractivity contribution in [2.24, 2.45) is 0 Å². The Morgan fingerprint density at radius 1 is 0.800 bits per heavy atom. The summed E-state index contributed by atoms with van der Waals surface area (Å²) in [6, 6.07) is 12.0. The highest BCUT2D eigenvalue weighted by atomic mass is 80.0. The molecule has 1 aromatic rings. The van der Waals surface area contributed by atoms with Crippen LogP contribution in [0.25, 0.3) is 0 Å². The van der Waals surface area contributed by atoms with Gasteiger partial charge in [-0.2, -0.15) is 0 Å². The summed E-state index contributed by atoms with van der Waals surface area (Å²) >= 11 is -3.40. The molecule has 0 heterocycles. The number of halogens is 1. The van der Waals surface area contributed by atoms with E-state index in [4.69, 9.17) is 12.6 Å². The van der Waals surface area contributed by atoms with E-state index in [0.29, 0.717) is 0 Å². The number of hydrogen-bond donors (Lipinski definition) is 1. The summed E-state index contributed by atoms with van der Waals surface area (Å²) in [6.45, 7) is 0. The highest BCUT2D eigenvalue weighted by molar-refractivity contribution is 4.99. The van der Waals surface area contributed by atoms with Crippen molar-refractivity contribution in [2.45, 2.75) is 0 Å². The van der Waals surface area contributed by atoms with Crippen molar-refractivity contribution in [3.05, 3.63) is 36.4 Å². The SMILES string of the molecule is [O-][Br+2]([O-])O.c1ccccc1. The minimum atomic E-state index is -3.40. The maximum Gasteiger partial charge on any atom is 0.433 e. The Balaban J connectivity index is 0.000000180. The highest BCUT2D eigenvalue weighted by Gasteiger charge is 1.86. The van der Waals surface area contributed by atoms with Crippen LogP contribution < -0.4 is 8.40 Å². The van der Waals surface area contributed by atoms with Crippen molar-refractivity contribution < 1.29 is 27.4 Å². The maximum atomic E-state index is 8.63. The van der Waals surface area contributed by atoms with Crippen molar-refractivity contribution in [3.8, 4) is 0 Å². The molecule has 0 fully saturated rings. The topological polar surface area (TPSA) is 66.3 Å². The summed E-state index contributed by atoms with van der Waals surface area (Å²) in [5.74, 6) is 0. The molecule has 0 aliphatic heterocycles. The van der Waals surface area contributed by atoms with Crippen LogP contribution in [0, 0.1) is 14.8 Å². The molecule has 1 aromatic carbocycles. The lowest BCUT2D eigenvalue weighted by Crippen LogP contribution is -2.30. The van der Waals surface area contributed by atoms with Crippen LogP contribution in [-0.2, 0) is 0 Å². The zero-order valence-electron chi connectivity index (χ0n) is 5.11. The van der Waals surface area contributed by atoms with Gasteiger partial charge in [0, 0.05) is 0 Å². The molecule has 0 spiro atoms. The van der Waals surface area contributed by atoms with Crippen LogP contribution >= 0.6 is 0 Å². The lowest BCUT2D eigenvalue weighted by Gasteiger charge is -1.69. The van der Waals surface area contributed by atoms with E-state index in [2.05, 4.69) is 0 Å². The third-order valence-electron chi connectivity index (χ3n) is 0.667. The van der Waals surface area contributed by atoms with E-state index in [9.17, 15) is 0 Å². The highest BCUT2D eigenvalue weighted by Crippen LogP contribution is 1.79. The Hall–Kier alpha value is -0.420. The van der Waals surface area contributed by atoms with E-state index in [1.54, 1.807) is 0 Å². The van der Waals surface area contributed by atoms with Gasteiger partial charge in [0.2, 0.25) is 0 Å². The van der Waals surface area contributed by atoms with Crippen LogP contribution in [0.2, 0.25) is 0 Å². The first-order valence-corrected chi connectivity index (χ1v) is 4.48. The van der Waals surface area contributed by atoms with Gasteiger partial charge in [0.25, 0.3) is 0 Å². The second-order valence-corrected chi connectivity index (χ2v) is 2.20. The number of rotatable bonds is 0. The van der Waals surface area contributed by atoms with Gasteiger partial charge in [0.05, 0.1) is 0 Å². The van der Waals surface area contributed by atoms with E-state index in [-0.39, 0.29) is 0 Å². The van der Waals surface area contributed by atoms with Gasteiger partial charge >= 0.3 is 14.8 Å². The zero-order chi connectivity index (χ0) is 7.82. The summed E-state index contributed by atoms with van der Waals surface area (Å²) in [5.41, 5.74) is 0. The molecule has 0 bridgehead atoms. The first-order chi connectivity index (χ1) is 4.73. The van der Waals surface area contributed by atoms with Gasteiger partial charge in [-0.05, 0) is 4.20 Å². The normalized spacial score (nSPS) is 8.40. The van der Waals surface area contributed by atoms with Crippen molar-refractivity contribution in [3.63, 3.8) is 0 Å². The van der Waals surface area contributed by atoms with Crippen LogP contribution in [0.15, 0.2) is 36.4 Å². The lowest BCUT2D eigenvalue weighted by molar-refractivity contribution is -1.63. The first kappa shape index (κ1) is 9.58. The summed E-state index contributed by atoms with van der Waals surface area (Å²) in [4.78, 5) is 0. The molecule has 56 valence electrons. The standard InChI is InChI=1S/C6H6.BrHO3/c1-2-4-6-5-3-1;2-1(3)4/h1-6H;2H. The zero-order valence-corrected chi connectivity index (χ0v) is 6.69. The van der Waals surface area contributed by atoms with Crippen LogP contribution in [0.5, 0.6) is 0 Å². The molecule has 0 radical (unpaired) electrons. The molecular formula is C6H7BrO3. The van der Waals surface area contributed by atoms with E-state index in [1.165, 1.54) is 0 Å². The molecular weight excluding hydrogens is 200 g/mol. The van der Waals surface area contributed by atoms with Gasteiger partial charge in [0.1, 0.15) is 0 Å². The second-order valence-electron chi connectivity index (χ2n) is 1.36. The van der Waals surface area contributed by atoms with E-state index in [1.807, 2.05) is 36.4 Å². The van der Waals surface area contributed by atoms with Crippen molar-refractivity contribution in [1.29, 1.82) is 0 Å². The first-order valence-electron chi connectivity index (χ1n) is 2.48. The molecule has 1 N–H and O–H groups in total. The molecule has 0 saturated heterocycles. The number of benzene rings is 1. The Bertz CT molecular complexity index is 113. The molecule has 3 nitrogen and oxygen atoms in total. The Labute approximate surface area is 64.4 Å². The summed E-state index contributed by atoms with van der Waals surface area (Å²) in [6.07, 6.45) is 0. The summed E-state index contributed by atoms with van der Waals surface area (Å²) < 4.78 is 24.3. The molecule has 0 aliphatic rings. The number of hydrogen-bond acceptors (Lipinski definition) is 3. The monoisotopic (exact) mass is 206 g/mol. The minimum Gasteiger partial charge on any atom is -0.372 e. The van der Waals surface area contributed by atoms with E-state index >= 15 is 0 Å². The second kappa shape index (κ2) is 6.70. The Morgan fingerprint density at radius 2 is 0.900 bits per heavy atom.